The second-order valence-electron chi connectivity index (χ2n) is 2.89. The Morgan fingerprint density at radius 1 is 0.714 bits per heavy atom. The lowest BCUT2D eigenvalue weighted by Gasteiger charge is -2.01. The summed E-state index contributed by atoms with van der Waals surface area (Å²) in [6.45, 7) is 1.44. The van der Waals surface area contributed by atoms with Crippen LogP contribution in [0.15, 0.2) is 24.3 Å². The van der Waals surface area contributed by atoms with Gasteiger partial charge >= 0.3 is 0 Å². The van der Waals surface area contributed by atoms with Crippen molar-refractivity contribution in [1.29, 1.82) is 0 Å². The lowest BCUT2D eigenvalue weighted by Crippen LogP contribution is -2.04. The summed E-state index contributed by atoms with van der Waals surface area (Å²) in [6, 6.07) is 8.49. The van der Waals surface area contributed by atoms with Gasteiger partial charge in [-0.3, -0.25) is 0 Å². The van der Waals surface area contributed by atoms with Gasteiger partial charge in [0.25, 0.3) is 0 Å². The van der Waals surface area contributed by atoms with Crippen molar-refractivity contribution >= 4 is 24.8 Å². The van der Waals surface area contributed by atoms with Crippen molar-refractivity contribution in [3.8, 4) is 0 Å². The van der Waals surface area contributed by atoms with Crippen molar-refractivity contribution in [3.05, 3.63) is 35.4 Å². The average Bonchev–Trinajstić information content (AvgIpc) is 2.09. The maximum Gasteiger partial charge on any atom is -0.00367 e. The van der Waals surface area contributed by atoms with Gasteiger partial charge in [0.15, 0.2) is 0 Å². The molecule has 0 aliphatic rings. The molecule has 0 saturated carbocycles. The zero-order valence-electron chi connectivity index (χ0n) is 8.11. The number of rotatable bonds is 4. The van der Waals surface area contributed by atoms with E-state index >= 15 is 0 Å². The Morgan fingerprint density at radius 3 is 1.21 bits per heavy atom. The molecule has 1 aromatic rings. The molecule has 0 unspecified atom stereocenters. The summed E-state index contributed by atoms with van der Waals surface area (Å²) < 4.78 is 0. The smallest absolute Gasteiger partial charge is 0.00367 e. The molecule has 0 fully saturated rings. The quantitative estimate of drug-likeness (QED) is 0.834. The number of hydrogen-bond donors (Lipinski definition) is 2. The highest BCUT2D eigenvalue weighted by Crippen LogP contribution is 2.04. The third-order valence-corrected chi connectivity index (χ3v) is 1.89. The first kappa shape index (κ1) is 16.2. The molecular formula is C10H18Cl2N2. The summed E-state index contributed by atoms with van der Waals surface area (Å²) in [5.41, 5.74) is 13.5. The maximum atomic E-state index is 5.44. The molecule has 82 valence electrons. The zero-order chi connectivity index (χ0) is 8.81. The van der Waals surface area contributed by atoms with E-state index in [0.29, 0.717) is 0 Å². The number of benzene rings is 1. The van der Waals surface area contributed by atoms with Crippen LogP contribution >= 0.6 is 24.8 Å². The van der Waals surface area contributed by atoms with Crippen LogP contribution < -0.4 is 11.5 Å². The van der Waals surface area contributed by atoms with Crippen LogP contribution in [0.3, 0.4) is 0 Å². The molecule has 2 nitrogen and oxygen atoms in total. The van der Waals surface area contributed by atoms with E-state index in [1.165, 1.54) is 11.1 Å². The van der Waals surface area contributed by atoms with E-state index in [0.717, 1.165) is 25.9 Å². The fourth-order valence-corrected chi connectivity index (χ4v) is 1.21. The lowest BCUT2D eigenvalue weighted by atomic mass is 10.1. The van der Waals surface area contributed by atoms with E-state index in [1.807, 2.05) is 0 Å². The molecule has 0 atom stereocenters. The summed E-state index contributed by atoms with van der Waals surface area (Å²) >= 11 is 0. The summed E-state index contributed by atoms with van der Waals surface area (Å²) in [5.74, 6) is 0. The van der Waals surface area contributed by atoms with Crippen molar-refractivity contribution in [2.75, 3.05) is 13.1 Å². The van der Waals surface area contributed by atoms with Gasteiger partial charge in [0.2, 0.25) is 0 Å². The highest BCUT2D eigenvalue weighted by molar-refractivity contribution is 5.85. The largest absolute Gasteiger partial charge is 0.330 e. The van der Waals surface area contributed by atoms with Gasteiger partial charge in [-0.2, -0.15) is 0 Å². The van der Waals surface area contributed by atoms with Crippen molar-refractivity contribution in [1.82, 2.24) is 0 Å². The van der Waals surface area contributed by atoms with Crippen molar-refractivity contribution in [2.24, 2.45) is 11.5 Å². The average molecular weight is 237 g/mol. The van der Waals surface area contributed by atoms with Gasteiger partial charge in [-0.15, -0.1) is 24.8 Å². The van der Waals surface area contributed by atoms with E-state index in [9.17, 15) is 0 Å². The fraction of sp³-hybridized carbons (Fsp3) is 0.400. The van der Waals surface area contributed by atoms with Crippen molar-refractivity contribution in [3.63, 3.8) is 0 Å². The second kappa shape index (κ2) is 9.28. The molecule has 4 heteroatoms. The van der Waals surface area contributed by atoms with Crippen LogP contribution in [0.5, 0.6) is 0 Å². The Morgan fingerprint density at radius 2 is 1.00 bits per heavy atom. The van der Waals surface area contributed by atoms with Crippen LogP contribution in [0.25, 0.3) is 0 Å². The van der Waals surface area contributed by atoms with Crippen LogP contribution in [-0.2, 0) is 12.8 Å². The van der Waals surface area contributed by atoms with Gasteiger partial charge in [0.05, 0.1) is 0 Å². The van der Waals surface area contributed by atoms with Gasteiger partial charge in [-0.05, 0) is 37.1 Å². The van der Waals surface area contributed by atoms with Crippen LogP contribution in [0.1, 0.15) is 11.1 Å². The first-order chi connectivity index (χ1) is 5.86. The van der Waals surface area contributed by atoms with Gasteiger partial charge in [-0.25, -0.2) is 0 Å². The molecule has 0 heterocycles. The van der Waals surface area contributed by atoms with Crippen molar-refractivity contribution in [2.45, 2.75) is 12.8 Å². The third-order valence-electron chi connectivity index (χ3n) is 1.89. The van der Waals surface area contributed by atoms with Crippen LogP contribution in [-0.4, -0.2) is 13.1 Å². The normalized spacial score (nSPS) is 8.71. The standard InChI is InChI=1S/C10H16N2.2ClH/c11-7-5-9-1-2-10(4-3-9)6-8-12;;/h1-4H,5-8,11-12H2;2*1H. The highest BCUT2D eigenvalue weighted by atomic mass is 35.5. The first-order valence-corrected chi connectivity index (χ1v) is 4.34. The molecule has 0 aliphatic heterocycles. The molecule has 0 amide bonds. The fourth-order valence-electron chi connectivity index (χ4n) is 1.21. The summed E-state index contributed by atoms with van der Waals surface area (Å²) in [5, 5.41) is 0. The Labute approximate surface area is 97.9 Å². The zero-order valence-corrected chi connectivity index (χ0v) is 9.74. The number of nitrogens with two attached hydrogens (primary N) is 2. The van der Waals surface area contributed by atoms with Crippen molar-refractivity contribution < 1.29 is 0 Å². The summed E-state index contributed by atoms with van der Waals surface area (Å²) in [4.78, 5) is 0. The monoisotopic (exact) mass is 236 g/mol. The molecule has 0 bridgehead atoms. The third kappa shape index (κ3) is 5.45. The van der Waals surface area contributed by atoms with E-state index < -0.39 is 0 Å². The maximum absolute atomic E-state index is 5.44. The minimum Gasteiger partial charge on any atom is -0.330 e. The Balaban J connectivity index is 0. The Kier molecular flexibility index (Phi) is 10.7. The highest BCUT2D eigenvalue weighted by Gasteiger charge is 1.92. The van der Waals surface area contributed by atoms with Gasteiger partial charge in [0.1, 0.15) is 0 Å². The van der Waals surface area contributed by atoms with Gasteiger partial charge in [-0.1, -0.05) is 24.3 Å². The molecule has 1 aromatic carbocycles. The molecule has 0 spiro atoms. The summed E-state index contributed by atoms with van der Waals surface area (Å²) in [7, 11) is 0. The van der Waals surface area contributed by atoms with E-state index in [2.05, 4.69) is 24.3 Å². The van der Waals surface area contributed by atoms with E-state index in [4.69, 9.17) is 11.5 Å². The first-order valence-electron chi connectivity index (χ1n) is 4.34. The second-order valence-corrected chi connectivity index (χ2v) is 2.89. The number of halogens is 2. The molecule has 0 aromatic heterocycles. The SMILES string of the molecule is Cl.Cl.NCCc1ccc(CCN)cc1. The minimum atomic E-state index is 0. The molecule has 1 rings (SSSR count). The molecule has 0 saturated heterocycles. The molecule has 0 aliphatic carbocycles. The van der Waals surface area contributed by atoms with E-state index in [1.54, 1.807) is 0 Å². The number of hydrogen-bond acceptors (Lipinski definition) is 2. The Bertz CT molecular complexity index is 199. The van der Waals surface area contributed by atoms with Crippen LogP contribution in [0.4, 0.5) is 0 Å². The van der Waals surface area contributed by atoms with E-state index in [-0.39, 0.29) is 24.8 Å². The molecule has 14 heavy (non-hydrogen) atoms. The lowest BCUT2D eigenvalue weighted by molar-refractivity contribution is 0.949. The minimum absolute atomic E-state index is 0. The molecule has 0 radical (unpaired) electrons. The molecular weight excluding hydrogens is 219 g/mol. The summed E-state index contributed by atoms with van der Waals surface area (Å²) in [6.07, 6.45) is 1.92. The Hall–Kier alpha value is -0.280. The van der Waals surface area contributed by atoms with Crippen LogP contribution in [0.2, 0.25) is 0 Å². The van der Waals surface area contributed by atoms with Crippen LogP contribution in [0, 0.1) is 0 Å². The molecule has 4 N–H and O–H groups in total. The van der Waals surface area contributed by atoms with Gasteiger partial charge < -0.3 is 11.5 Å². The topological polar surface area (TPSA) is 52.0 Å². The van der Waals surface area contributed by atoms with Gasteiger partial charge in [0, 0.05) is 0 Å². The predicted molar refractivity (Wildman–Crippen MR) is 66.5 cm³/mol. The predicted octanol–water partition coefficient (Wildman–Crippen LogP) is 1.53.